The zero-order chi connectivity index (χ0) is 17.0. The molecule has 0 aliphatic carbocycles. The van der Waals surface area contributed by atoms with E-state index in [-0.39, 0.29) is 16.9 Å². The summed E-state index contributed by atoms with van der Waals surface area (Å²) in [5.41, 5.74) is -0.0580. The van der Waals surface area contributed by atoms with Gasteiger partial charge in [-0.05, 0) is 36.3 Å². The molecule has 0 fully saturated rings. The maximum Gasteiger partial charge on any atom is 0.342 e. The zero-order valence-electron chi connectivity index (χ0n) is 12.7. The van der Waals surface area contributed by atoms with Gasteiger partial charge in [-0.3, -0.25) is 9.36 Å². The number of aryl methyl sites for hydroxylation is 1. The van der Waals surface area contributed by atoms with Crippen LogP contribution in [0.1, 0.15) is 15.9 Å². The SMILES string of the molecule is COc1ccc(CCn2c(=S)[nH]cc(C(=O)O)c2=O)cc1OC. The lowest BCUT2D eigenvalue weighted by Crippen LogP contribution is -2.28. The summed E-state index contributed by atoms with van der Waals surface area (Å²) in [7, 11) is 3.09. The summed E-state index contributed by atoms with van der Waals surface area (Å²) in [6.45, 7) is 0.255. The largest absolute Gasteiger partial charge is 0.493 e. The minimum absolute atomic E-state index is 0.181. The number of rotatable bonds is 6. The van der Waals surface area contributed by atoms with Crippen molar-refractivity contribution in [2.45, 2.75) is 13.0 Å². The van der Waals surface area contributed by atoms with Crippen LogP contribution in [-0.2, 0) is 13.0 Å². The molecule has 0 saturated heterocycles. The molecule has 0 spiro atoms. The van der Waals surface area contributed by atoms with Crippen LogP contribution in [0.5, 0.6) is 11.5 Å². The second kappa shape index (κ2) is 7.10. The Morgan fingerprint density at radius 2 is 2.00 bits per heavy atom. The molecule has 2 aromatic rings. The van der Waals surface area contributed by atoms with Crippen LogP contribution in [0.4, 0.5) is 0 Å². The second-order valence-corrected chi connectivity index (χ2v) is 5.10. The molecular weight excluding hydrogens is 320 g/mol. The van der Waals surface area contributed by atoms with E-state index in [1.54, 1.807) is 26.4 Å². The van der Waals surface area contributed by atoms with E-state index in [9.17, 15) is 9.59 Å². The van der Waals surface area contributed by atoms with Crippen molar-refractivity contribution in [1.82, 2.24) is 9.55 Å². The van der Waals surface area contributed by atoms with Crippen molar-refractivity contribution in [3.63, 3.8) is 0 Å². The molecule has 23 heavy (non-hydrogen) atoms. The Labute approximate surface area is 137 Å². The van der Waals surface area contributed by atoms with E-state index in [4.69, 9.17) is 26.8 Å². The number of carboxylic acid groups (broad SMARTS) is 1. The van der Waals surface area contributed by atoms with Crippen LogP contribution in [0, 0.1) is 4.77 Å². The van der Waals surface area contributed by atoms with Crippen LogP contribution in [0.2, 0.25) is 0 Å². The van der Waals surface area contributed by atoms with Crippen LogP contribution in [0.3, 0.4) is 0 Å². The monoisotopic (exact) mass is 336 g/mol. The molecule has 8 heteroatoms. The van der Waals surface area contributed by atoms with E-state index >= 15 is 0 Å². The molecule has 0 bridgehead atoms. The lowest BCUT2D eigenvalue weighted by atomic mass is 10.1. The third-order valence-corrected chi connectivity index (χ3v) is 3.70. The number of benzene rings is 1. The van der Waals surface area contributed by atoms with E-state index < -0.39 is 11.5 Å². The van der Waals surface area contributed by atoms with Crippen molar-refractivity contribution in [3.8, 4) is 11.5 Å². The maximum atomic E-state index is 12.1. The van der Waals surface area contributed by atoms with Gasteiger partial charge in [0.1, 0.15) is 5.56 Å². The number of aromatic amines is 1. The molecule has 2 rings (SSSR count). The maximum absolute atomic E-state index is 12.1. The molecule has 122 valence electrons. The number of carbonyl (C=O) groups is 1. The number of ether oxygens (including phenoxy) is 2. The third kappa shape index (κ3) is 3.59. The van der Waals surface area contributed by atoms with E-state index in [0.29, 0.717) is 17.9 Å². The van der Waals surface area contributed by atoms with Gasteiger partial charge in [-0.15, -0.1) is 0 Å². The van der Waals surface area contributed by atoms with Crippen LogP contribution in [-0.4, -0.2) is 34.8 Å². The highest BCUT2D eigenvalue weighted by Gasteiger charge is 2.12. The Bertz CT molecular complexity index is 840. The highest BCUT2D eigenvalue weighted by Crippen LogP contribution is 2.27. The lowest BCUT2D eigenvalue weighted by Gasteiger charge is -2.10. The zero-order valence-corrected chi connectivity index (χ0v) is 13.5. The molecular formula is C15H16N2O5S. The van der Waals surface area contributed by atoms with E-state index in [1.165, 1.54) is 4.57 Å². The average molecular weight is 336 g/mol. The van der Waals surface area contributed by atoms with Crippen LogP contribution in [0.25, 0.3) is 0 Å². The molecule has 0 unspecified atom stereocenters. The Balaban J connectivity index is 2.28. The number of methoxy groups -OCH3 is 2. The molecule has 0 radical (unpaired) electrons. The van der Waals surface area contributed by atoms with Gasteiger partial charge in [0.15, 0.2) is 16.3 Å². The van der Waals surface area contributed by atoms with Gasteiger partial charge in [0.25, 0.3) is 5.56 Å². The van der Waals surface area contributed by atoms with Crippen LogP contribution in [0.15, 0.2) is 29.2 Å². The number of aromatic nitrogens is 2. The van der Waals surface area contributed by atoms with Crippen molar-refractivity contribution in [3.05, 3.63) is 50.6 Å². The first-order valence-corrected chi connectivity index (χ1v) is 7.15. The summed E-state index contributed by atoms with van der Waals surface area (Å²) in [6, 6.07) is 5.42. The van der Waals surface area contributed by atoms with E-state index in [2.05, 4.69) is 4.98 Å². The molecule has 0 atom stereocenters. The molecule has 1 aromatic heterocycles. The fraction of sp³-hybridized carbons (Fsp3) is 0.267. The molecule has 0 aliphatic rings. The van der Waals surface area contributed by atoms with E-state index in [1.807, 2.05) is 6.07 Å². The standard InChI is InChI=1S/C15H16N2O5S/c1-21-11-4-3-9(7-12(11)22-2)5-6-17-13(18)10(14(19)20)8-16-15(17)23/h3-4,7-8H,5-6H2,1-2H3,(H,16,23)(H,19,20). The fourth-order valence-corrected chi connectivity index (χ4v) is 2.38. The van der Waals surface area contributed by atoms with Crippen LogP contribution >= 0.6 is 12.2 Å². The first-order valence-electron chi connectivity index (χ1n) is 6.74. The number of nitrogens with one attached hydrogen (secondary N) is 1. The summed E-state index contributed by atoms with van der Waals surface area (Å²) >= 11 is 5.06. The number of hydrogen-bond donors (Lipinski definition) is 2. The third-order valence-electron chi connectivity index (χ3n) is 3.36. The summed E-state index contributed by atoms with van der Waals surface area (Å²) in [5, 5.41) is 8.99. The second-order valence-electron chi connectivity index (χ2n) is 4.71. The van der Waals surface area contributed by atoms with Gasteiger partial charge in [0, 0.05) is 12.7 Å². The molecule has 2 N–H and O–H groups in total. The molecule has 0 aliphatic heterocycles. The van der Waals surface area contributed by atoms with Gasteiger partial charge in [-0.2, -0.15) is 0 Å². The highest BCUT2D eigenvalue weighted by molar-refractivity contribution is 7.71. The van der Waals surface area contributed by atoms with Gasteiger partial charge in [-0.25, -0.2) is 4.79 Å². The highest BCUT2D eigenvalue weighted by atomic mass is 32.1. The van der Waals surface area contributed by atoms with E-state index in [0.717, 1.165) is 11.8 Å². The fourth-order valence-electron chi connectivity index (χ4n) is 2.14. The minimum Gasteiger partial charge on any atom is -0.493 e. The van der Waals surface area contributed by atoms with Gasteiger partial charge in [0.05, 0.1) is 14.2 Å². The van der Waals surface area contributed by atoms with Crippen molar-refractivity contribution in [2.24, 2.45) is 0 Å². The number of carboxylic acids is 1. The molecule has 1 heterocycles. The van der Waals surface area contributed by atoms with Crippen molar-refractivity contribution in [1.29, 1.82) is 0 Å². The lowest BCUT2D eigenvalue weighted by molar-refractivity contribution is 0.0693. The summed E-state index contributed by atoms with van der Waals surface area (Å²) < 4.78 is 11.8. The Morgan fingerprint density at radius 1 is 1.30 bits per heavy atom. The number of H-pyrrole nitrogens is 1. The first-order chi connectivity index (χ1) is 11.0. The Kier molecular flexibility index (Phi) is 5.17. The first kappa shape index (κ1) is 16.8. The van der Waals surface area contributed by atoms with Gasteiger partial charge in [0.2, 0.25) is 0 Å². The smallest absolute Gasteiger partial charge is 0.342 e. The van der Waals surface area contributed by atoms with Crippen molar-refractivity contribution >= 4 is 18.2 Å². The number of hydrogen-bond acceptors (Lipinski definition) is 5. The average Bonchev–Trinajstić information content (AvgIpc) is 2.54. The summed E-state index contributed by atoms with van der Waals surface area (Å²) in [6.07, 6.45) is 1.60. The normalized spacial score (nSPS) is 10.3. The Hall–Kier alpha value is -2.61. The predicted molar refractivity (Wildman–Crippen MR) is 86.1 cm³/mol. The van der Waals surface area contributed by atoms with Crippen molar-refractivity contribution < 1.29 is 19.4 Å². The van der Waals surface area contributed by atoms with Gasteiger partial charge in [-0.1, -0.05) is 6.07 Å². The van der Waals surface area contributed by atoms with Gasteiger partial charge >= 0.3 is 5.97 Å². The van der Waals surface area contributed by atoms with Crippen molar-refractivity contribution in [2.75, 3.05) is 14.2 Å². The minimum atomic E-state index is -1.29. The summed E-state index contributed by atoms with van der Waals surface area (Å²) in [5.74, 6) is -0.0958. The quantitative estimate of drug-likeness (QED) is 0.782. The Morgan fingerprint density at radius 3 is 2.61 bits per heavy atom. The van der Waals surface area contributed by atoms with Crippen LogP contribution < -0.4 is 15.0 Å². The molecule has 1 aromatic carbocycles. The molecule has 0 saturated carbocycles. The number of nitrogens with zero attached hydrogens (tertiary/aromatic N) is 1. The summed E-state index contributed by atoms with van der Waals surface area (Å²) in [4.78, 5) is 25.8. The molecule has 0 amide bonds. The van der Waals surface area contributed by atoms with Gasteiger partial charge < -0.3 is 19.6 Å². The topological polar surface area (TPSA) is 93.5 Å². The number of aromatic carboxylic acids is 1. The predicted octanol–water partition coefficient (Wildman–Crippen LogP) is 1.86. The molecule has 7 nitrogen and oxygen atoms in total.